The summed E-state index contributed by atoms with van der Waals surface area (Å²) in [4.78, 5) is 0. The van der Waals surface area contributed by atoms with Crippen molar-refractivity contribution in [2.45, 2.75) is 63.4 Å². The Hall–Kier alpha value is -3.14. The third kappa shape index (κ3) is 8.49. The second kappa shape index (κ2) is 15.5. The largest absolute Gasteiger partial charge is 0.399 e. The van der Waals surface area contributed by atoms with Crippen LogP contribution in [0.2, 0.25) is 5.04 Å². The fourth-order valence-electron chi connectivity index (χ4n) is 5.41. The number of rotatable bonds is 15. The molecule has 0 spiro atoms. The Balaban J connectivity index is 1.62. The van der Waals surface area contributed by atoms with E-state index in [0.717, 1.165) is 21.5 Å². The van der Waals surface area contributed by atoms with Gasteiger partial charge in [-0.05, 0) is 26.5 Å². The quantitative estimate of drug-likeness (QED) is 0.175. The summed E-state index contributed by atoms with van der Waals surface area (Å²) in [5.41, 5.74) is 1.93. The van der Waals surface area contributed by atoms with Crippen LogP contribution in [-0.4, -0.2) is 61.3 Å². The van der Waals surface area contributed by atoms with E-state index < -0.39 is 32.7 Å². The van der Waals surface area contributed by atoms with Gasteiger partial charge in [0.2, 0.25) is 0 Å². The SMILES string of the molecule is CC(C)(C)[Si](O[C@H](COCc1ccccc1)C(O)[C@H](O)[C@H](O)COCc1ccccc1)(c1ccccc1)c1ccccc1. The third-order valence-electron chi connectivity index (χ3n) is 7.66. The average Bonchev–Trinajstić information content (AvgIpc) is 3.03. The Morgan fingerprint density at radius 2 is 0.953 bits per heavy atom. The van der Waals surface area contributed by atoms with Gasteiger partial charge in [0.05, 0.1) is 32.5 Å². The molecule has 0 radical (unpaired) electrons. The van der Waals surface area contributed by atoms with Crippen molar-refractivity contribution < 1.29 is 29.2 Å². The normalized spacial score (nSPS) is 15.0. The lowest BCUT2D eigenvalue weighted by Crippen LogP contribution is -2.69. The topological polar surface area (TPSA) is 88.4 Å². The smallest absolute Gasteiger partial charge is 0.261 e. The summed E-state index contributed by atoms with van der Waals surface area (Å²) in [5, 5.41) is 35.4. The zero-order chi connectivity index (χ0) is 30.7. The molecule has 7 heteroatoms. The number of benzene rings is 4. The van der Waals surface area contributed by atoms with E-state index in [1.165, 1.54) is 0 Å². The van der Waals surface area contributed by atoms with E-state index >= 15 is 0 Å². The van der Waals surface area contributed by atoms with Gasteiger partial charge in [0.15, 0.2) is 0 Å². The van der Waals surface area contributed by atoms with E-state index in [1.54, 1.807) is 0 Å². The van der Waals surface area contributed by atoms with Crippen molar-refractivity contribution in [2.75, 3.05) is 13.2 Å². The van der Waals surface area contributed by atoms with E-state index in [4.69, 9.17) is 13.9 Å². The molecular formula is C36H44O6Si. The first kappa shape index (κ1) is 32.8. The minimum atomic E-state index is -3.12. The van der Waals surface area contributed by atoms with Crippen LogP contribution >= 0.6 is 0 Å². The van der Waals surface area contributed by atoms with Crippen molar-refractivity contribution >= 4 is 18.7 Å². The zero-order valence-electron chi connectivity index (χ0n) is 25.3. The lowest BCUT2D eigenvalue weighted by Gasteiger charge is -2.46. The molecule has 0 saturated carbocycles. The fourth-order valence-corrected chi connectivity index (χ4v) is 10.1. The highest BCUT2D eigenvalue weighted by molar-refractivity contribution is 6.99. The molecule has 0 bridgehead atoms. The molecule has 1 unspecified atom stereocenters. The van der Waals surface area contributed by atoms with E-state index in [9.17, 15) is 15.3 Å². The van der Waals surface area contributed by atoms with Crippen LogP contribution in [0, 0.1) is 0 Å². The van der Waals surface area contributed by atoms with Gasteiger partial charge in [-0.25, -0.2) is 0 Å². The Labute approximate surface area is 256 Å². The van der Waals surface area contributed by atoms with Crippen molar-refractivity contribution in [3.8, 4) is 0 Å². The number of ether oxygens (including phenoxy) is 2. The van der Waals surface area contributed by atoms with Crippen molar-refractivity contribution in [1.29, 1.82) is 0 Å². The first-order valence-electron chi connectivity index (χ1n) is 14.8. The van der Waals surface area contributed by atoms with Crippen LogP contribution in [-0.2, 0) is 27.1 Å². The summed E-state index contributed by atoms with van der Waals surface area (Å²) < 4.78 is 19.0. The molecule has 4 rings (SSSR count). The lowest BCUT2D eigenvalue weighted by molar-refractivity contribution is -0.132. The molecule has 0 heterocycles. The summed E-state index contributed by atoms with van der Waals surface area (Å²) in [5.74, 6) is 0. The molecule has 0 aliphatic rings. The van der Waals surface area contributed by atoms with Gasteiger partial charge in [-0.1, -0.05) is 142 Å². The monoisotopic (exact) mass is 600 g/mol. The molecule has 228 valence electrons. The van der Waals surface area contributed by atoms with Gasteiger partial charge in [-0.3, -0.25) is 0 Å². The molecule has 0 aliphatic carbocycles. The molecule has 4 atom stereocenters. The van der Waals surface area contributed by atoms with Crippen LogP contribution in [0.5, 0.6) is 0 Å². The van der Waals surface area contributed by atoms with Crippen LogP contribution in [0.25, 0.3) is 0 Å². The highest BCUT2D eigenvalue weighted by Crippen LogP contribution is 2.38. The van der Waals surface area contributed by atoms with Crippen LogP contribution in [0.3, 0.4) is 0 Å². The summed E-state index contributed by atoms with van der Waals surface area (Å²) in [6.07, 6.45) is -5.26. The highest BCUT2D eigenvalue weighted by Gasteiger charge is 2.52. The Kier molecular flexibility index (Phi) is 11.8. The summed E-state index contributed by atoms with van der Waals surface area (Å²) in [7, 11) is -3.12. The van der Waals surface area contributed by atoms with Crippen molar-refractivity contribution in [3.63, 3.8) is 0 Å². The maximum atomic E-state index is 11.6. The Morgan fingerprint density at radius 3 is 1.37 bits per heavy atom. The van der Waals surface area contributed by atoms with Gasteiger partial charge in [-0.2, -0.15) is 0 Å². The maximum absolute atomic E-state index is 11.6. The van der Waals surface area contributed by atoms with Crippen LogP contribution < -0.4 is 10.4 Å². The van der Waals surface area contributed by atoms with Crippen molar-refractivity contribution in [1.82, 2.24) is 0 Å². The summed E-state index contributed by atoms with van der Waals surface area (Å²) >= 11 is 0. The number of hydrogen-bond donors (Lipinski definition) is 3. The third-order valence-corrected chi connectivity index (χ3v) is 12.7. The van der Waals surface area contributed by atoms with Gasteiger partial charge >= 0.3 is 0 Å². The first-order chi connectivity index (χ1) is 20.7. The average molecular weight is 601 g/mol. The van der Waals surface area contributed by atoms with E-state index in [-0.39, 0.29) is 24.9 Å². The second-order valence-electron chi connectivity index (χ2n) is 11.9. The lowest BCUT2D eigenvalue weighted by atomic mass is 10.0. The van der Waals surface area contributed by atoms with Crippen LogP contribution in [0.15, 0.2) is 121 Å². The molecule has 0 fully saturated rings. The summed E-state index contributed by atoms with van der Waals surface area (Å²) in [6, 6.07) is 39.6. The number of hydrogen-bond acceptors (Lipinski definition) is 6. The standard InChI is InChI=1S/C36H44O6Si/c1-36(2,3)43(30-20-12-6-13-21-30,31-22-14-7-15-23-31)42-33(27-41-25-29-18-10-5-11-19-29)35(39)34(38)32(37)26-40-24-28-16-8-4-9-17-28/h4-23,32-35,37-39H,24-27H2,1-3H3/t32-,33-,34-,35?/m1/s1. The zero-order valence-corrected chi connectivity index (χ0v) is 26.3. The van der Waals surface area contributed by atoms with Crippen LogP contribution in [0.4, 0.5) is 0 Å². The molecule has 0 aromatic heterocycles. The molecule has 4 aromatic rings. The van der Waals surface area contributed by atoms with Gasteiger partial charge in [-0.15, -0.1) is 0 Å². The van der Waals surface area contributed by atoms with Crippen LogP contribution in [0.1, 0.15) is 31.9 Å². The second-order valence-corrected chi connectivity index (χ2v) is 16.1. The first-order valence-corrected chi connectivity index (χ1v) is 16.7. The maximum Gasteiger partial charge on any atom is 0.261 e. The molecule has 0 amide bonds. The fraction of sp³-hybridized carbons (Fsp3) is 0.333. The highest BCUT2D eigenvalue weighted by atomic mass is 28.4. The van der Waals surface area contributed by atoms with Crippen molar-refractivity contribution in [2.24, 2.45) is 0 Å². The molecule has 4 aromatic carbocycles. The Bertz CT molecular complexity index is 1290. The van der Waals surface area contributed by atoms with E-state index in [2.05, 4.69) is 45.0 Å². The van der Waals surface area contributed by atoms with Gasteiger partial charge < -0.3 is 29.2 Å². The predicted octanol–water partition coefficient (Wildman–Crippen LogP) is 4.45. The summed E-state index contributed by atoms with van der Waals surface area (Å²) in [6.45, 7) is 6.90. The molecular weight excluding hydrogens is 556 g/mol. The van der Waals surface area contributed by atoms with E-state index in [0.29, 0.717) is 6.61 Å². The minimum absolute atomic E-state index is 0.00914. The van der Waals surface area contributed by atoms with Crippen molar-refractivity contribution in [3.05, 3.63) is 132 Å². The number of aliphatic hydroxyl groups is 3. The predicted molar refractivity (Wildman–Crippen MR) is 173 cm³/mol. The Morgan fingerprint density at radius 1 is 0.558 bits per heavy atom. The molecule has 3 N–H and O–H groups in total. The molecule has 0 aliphatic heterocycles. The molecule has 6 nitrogen and oxygen atoms in total. The van der Waals surface area contributed by atoms with Gasteiger partial charge in [0.25, 0.3) is 8.32 Å². The van der Waals surface area contributed by atoms with E-state index in [1.807, 2.05) is 97.1 Å². The molecule has 43 heavy (non-hydrogen) atoms. The van der Waals surface area contributed by atoms with Gasteiger partial charge in [0.1, 0.15) is 18.3 Å². The minimum Gasteiger partial charge on any atom is -0.399 e. The number of aliphatic hydroxyl groups excluding tert-OH is 3. The molecule has 0 saturated heterocycles. The van der Waals surface area contributed by atoms with Gasteiger partial charge in [0, 0.05) is 0 Å².